The van der Waals surface area contributed by atoms with Gasteiger partial charge in [0.1, 0.15) is 0 Å². The second kappa shape index (κ2) is 5.60. The van der Waals surface area contributed by atoms with Crippen LogP contribution in [-0.4, -0.2) is 4.99 Å². The molecule has 0 amide bonds. The molecule has 0 saturated heterocycles. The Hall–Kier alpha value is -1.67. The number of para-hydroxylation sites is 1. The third-order valence-electron chi connectivity index (χ3n) is 2.57. The summed E-state index contributed by atoms with van der Waals surface area (Å²) in [6.07, 6.45) is 0.923. The summed E-state index contributed by atoms with van der Waals surface area (Å²) in [5.41, 5.74) is 3.68. The molecule has 2 aromatic carbocycles. The molecule has 0 radical (unpaired) electrons. The maximum Gasteiger partial charge on any atom is 0.0765 e. The minimum atomic E-state index is 0.797. The summed E-state index contributed by atoms with van der Waals surface area (Å²) in [5, 5.41) is 3.23. The largest absolute Gasteiger partial charge is 0.350 e. The molecule has 0 unspecified atom stereocenters. The van der Waals surface area contributed by atoms with Crippen LogP contribution in [0.1, 0.15) is 18.1 Å². The molecule has 86 valence electrons. The fraction of sp³-hybridized carbons (Fsp3) is 0.133. The Morgan fingerprint density at radius 3 is 2.35 bits per heavy atom. The zero-order valence-corrected chi connectivity index (χ0v) is 10.6. The molecule has 0 bridgehead atoms. The molecular formula is C15H15NS. The van der Waals surface area contributed by atoms with Crippen molar-refractivity contribution in [1.29, 1.82) is 0 Å². The van der Waals surface area contributed by atoms with E-state index < -0.39 is 0 Å². The molecule has 1 N–H and O–H groups in total. The lowest BCUT2D eigenvalue weighted by Crippen LogP contribution is -2.06. The van der Waals surface area contributed by atoms with E-state index in [9.17, 15) is 0 Å². The van der Waals surface area contributed by atoms with E-state index >= 15 is 0 Å². The first-order valence-electron chi connectivity index (χ1n) is 5.65. The quantitative estimate of drug-likeness (QED) is 0.814. The topological polar surface area (TPSA) is 12.0 Å². The van der Waals surface area contributed by atoms with Crippen molar-refractivity contribution >= 4 is 22.9 Å². The molecule has 0 heterocycles. The minimum absolute atomic E-state index is 0.797. The van der Waals surface area contributed by atoms with Crippen LogP contribution in [0.25, 0.3) is 0 Å². The Morgan fingerprint density at radius 2 is 1.65 bits per heavy atom. The van der Waals surface area contributed by atoms with Gasteiger partial charge >= 0.3 is 0 Å². The van der Waals surface area contributed by atoms with Crippen LogP contribution < -0.4 is 5.32 Å². The number of rotatable bonds is 3. The van der Waals surface area contributed by atoms with Crippen molar-refractivity contribution in [3.8, 4) is 0 Å². The molecule has 0 aliphatic carbocycles. The normalized spacial score (nSPS) is 9.94. The predicted molar refractivity (Wildman–Crippen MR) is 77.6 cm³/mol. The van der Waals surface area contributed by atoms with Crippen LogP contribution in [0.4, 0.5) is 5.69 Å². The lowest BCUT2D eigenvalue weighted by Gasteiger charge is -2.10. The number of thiocarbonyl (C=S) groups is 1. The maximum atomic E-state index is 5.09. The molecule has 0 aromatic heterocycles. The predicted octanol–water partition coefficient (Wildman–Crippen LogP) is 4.04. The molecule has 2 aromatic rings. The molecule has 17 heavy (non-hydrogen) atoms. The van der Waals surface area contributed by atoms with Crippen LogP contribution in [0, 0.1) is 0 Å². The van der Waals surface area contributed by atoms with Crippen LogP contribution in [-0.2, 0) is 6.42 Å². The number of hydrogen-bond acceptors (Lipinski definition) is 1. The minimum Gasteiger partial charge on any atom is -0.350 e. The van der Waals surface area contributed by atoms with Crippen LogP contribution in [0.5, 0.6) is 0 Å². The van der Waals surface area contributed by atoms with E-state index in [0.717, 1.165) is 17.1 Å². The van der Waals surface area contributed by atoms with Gasteiger partial charge in [0.2, 0.25) is 0 Å². The summed E-state index contributed by atoms with van der Waals surface area (Å²) in [5.74, 6) is 0. The summed E-state index contributed by atoms with van der Waals surface area (Å²) in [6, 6.07) is 18.7. The average molecular weight is 241 g/mol. The second-order valence-corrected chi connectivity index (χ2v) is 4.61. The van der Waals surface area contributed by atoms with Crippen molar-refractivity contribution in [3.05, 3.63) is 65.7 Å². The number of anilines is 1. The SMILES string of the molecule is CC(=S)Nc1ccccc1Cc1ccccc1. The summed E-state index contributed by atoms with van der Waals surface area (Å²) < 4.78 is 0. The molecular weight excluding hydrogens is 226 g/mol. The summed E-state index contributed by atoms with van der Waals surface area (Å²) in [4.78, 5) is 0.797. The van der Waals surface area contributed by atoms with Crippen molar-refractivity contribution in [2.45, 2.75) is 13.3 Å². The smallest absolute Gasteiger partial charge is 0.0765 e. The van der Waals surface area contributed by atoms with Crippen LogP contribution in [0.3, 0.4) is 0 Å². The van der Waals surface area contributed by atoms with Gasteiger partial charge in [0, 0.05) is 5.69 Å². The highest BCUT2D eigenvalue weighted by Crippen LogP contribution is 2.19. The average Bonchev–Trinajstić information content (AvgIpc) is 2.32. The first-order chi connectivity index (χ1) is 8.25. The molecule has 0 fully saturated rings. The molecule has 1 nitrogen and oxygen atoms in total. The Bertz CT molecular complexity index is 505. The van der Waals surface area contributed by atoms with Gasteiger partial charge in [-0.1, -0.05) is 60.7 Å². The highest BCUT2D eigenvalue weighted by atomic mass is 32.1. The second-order valence-electron chi connectivity index (χ2n) is 4.00. The van der Waals surface area contributed by atoms with Gasteiger partial charge in [0.05, 0.1) is 4.99 Å². The molecule has 2 rings (SSSR count). The molecule has 0 aliphatic rings. The van der Waals surface area contributed by atoms with Gasteiger partial charge in [-0.25, -0.2) is 0 Å². The standard InChI is InChI=1S/C15H15NS/c1-12(17)16-15-10-6-5-9-14(15)11-13-7-3-2-4-8-13/h2-10H,11H2,1H3,(H,16,17). The van der Waals surface area contributed by atoms with Gasteiger partial charge in [0.25, 0.3) is 0 Å². The van der Waals surface area contributed by atoms with Crippen LogP contribution in [0.15, 0.2) is 54.6 Å². The van der Waals surface area contributed by atoms with Gasteiger partial charge in [0.15, 0.2) is 0 Å². The van der Waals surface area contributed by atoms with Gasteiger partial charge in [-0.3, -0.25) is 0 Å². The fourth-order valence-corrected chi connectivity index (χ4v) is 1.91. The van der Waals surface area contributed by atoms with E-state index in [0.29, 0.717) is 0 Å². The Balaban J connectivity index is 2.23. The molecule has 0 spiro atoms. The third-order valence-corrected chi connectivity index (χ3v) is 2.67. The Labute approximate surface area is 107 Å². The zero-order valence-electron chi connectivity index (χ0n) is 9.81. The van der Waals surface area contributed by atoms with Gasteiger partial charge in [-0.2, -0.15) is 0 Å². The van der Waals surface area contributed by atoms with Gasteiger partial charge in [-0.15, -0.1) is 0 Å². The van der Waals surface area contributed by atoms with E-state index in [1.165, 1.54) is 11.1 Å². The zero-order chi connectivity index (χ0) is 12.1. The van der Waals surface area contributed by atoms with Crippen molar-refractivity contribution in [1.82, 2.24) is 0 Å². The van der Waals surface area contributed by atoms with Crippen molar-refractivity contribution in [3.63, 3.8) is 0 Å². The first-order valence-corrected chi connectivity index (χ1v) is 6.06. The van der Waals surface area contributed by atoms with E-state index in [1.54, 1.807) is 0 Å². The lowest BCUT2D eigenvalue weighted by atomic mass is 10.0. The molecule has 0 atom stereocenters. The molecule has 2 heteroatoms. The van der Waals surface area contributed by atoms with Crippen molar-refractivity contribution in [2.24, 2.45) is 0 Å². The summed E-state index contributed by atoms with van der Waals surface area (Å²) in [6.45, 7) is 1.90. The van der Waals surface area contributed by atoms with E-state index in [1.807, 2.05) is 19.1 Å². The van der Waals surface area contributed by atoms with E-state index in [2.05, 4.69) is 47.8 Å². The van der Waals surface area contributed by atoms with Crippen molar-refractivity contribution in [2.75, 3.05) is 5.32 Å². The number of nitrogens with one attached hydrogen (secondary N) is 1. The van der Waals surface area contributed by atoms with Gasteiger partial charge in [-0.05, 0) is 30.5 Å². The Morgan fingerprint density at radius 1 is 1.00 bits per heavy atom. The van der Waals surface area contributed by atoms with Crippen molar-refractivity contribution < 1.29 is 0 Å². The number of hydrogen-bond donors (Lipinski definition) is 1. The van der Waals surface area contributed by atoms with Crippen LogP contribution >= 0.6 is 12.2 Å². The molecule has 0 saturated carbocycles. The summed E-state index contributed by atoms with van der Waals surface area (Å²) in [7, 11) is 0. The first kappa shape index (κ1) is 11.8. The van der Waals surface area contributed by atoms with Gasteiger partial charge < -0.3 is 5.32 Å². The highest BCUT2D eigenvalue weighted by molar-refractivity contribution is 7.80. The fourth-order valence-electron chi connectivity index (χ4n) is 1.80. The monoisotopic (exact) mass is 241 g/mol. The Kier molecular flexibility index (Phi) is 3.89. The molecule has 0 aliphatic heterocycles. The maximum absolute atomic E-state index is 5.09. The lowest BCUT2D eigenvalue weighted by molar-refractivity contribution is 1.19. The van der Waals surface area contributed by atoms with E-state index in [-0.39, 0.29) is 0 Å². The summed E-state index contributed by atoms with van der Waals surface area (Å²) >= 11 is 5.09. The number of benzene rings is 2. The third kappa shape index (κ3) is 3.40. The highest BCUT2D eigenvalue weighted by Gasteiger charge is 2.02. The van der Waals surface area contributed by atoms with Crippen LogP contribution in [0.2, 0.25) is 0 Å². The van der Waals surface area contributed by atoms with E-state index in [4.69, 9.17) is 12.2 Å².